The summed E-state index contributed by atoms with van der Waals surface area (Å²) in [6.07, 6.45) is -4.53. The van der Waals surface area contributed by atoms with Gasteiger partial charge in [0.05, 0.1) is 26.5 Å². The molecule has 30 heavy (non-hydrogen) atoms. The number of carbonyl (C=O) groups excluding carboxylic acids is 1. The second kappa shape index (κ2) is 7.96. The van der Waals surface area contributed by atoms with E-state index in [2.05, 4.69) is 15.2 Å². The molecule has 5 nitrogen and oxygen atoms in total. The van der Waals surface area contributed by atoms with Gasteiger partial charge in [0.15, 0.2) is 5.13 Å². The van der Waals surface area contributed by atoms with Gasteiger partial charge in [0.2, 0.25) is 0 Å². The fraction of sp³-hybridized carbons (Fsp3) is 0.300. The van der Waals surface area contributed by atoms with Crippen molar-refractivity contribution >= 4 is 50.0 Å². The first kappa shape index (κ1) is 20.7. The van der Waals surface area contributed by atoms with Crippen LogP contribution < -0.4 is 10.2 Å². The predicted molar refractivity (Wildman–Crippen MR) is 114 cm³/mol. The summed E-state index contributed by atoms with van der Waals surface area (Å²) in [5.74, 6) is 0. The maximum Gasteiger partial charge on any atom is 0.418 e. The molecular formula is C20H18ClF3N4OS. The molecule has 0 spiro atoms. The van der Waals surface area contributed by atoms with Crippen LogP contribution in [0.25, 0.3) is 10.2 Å². The zero-order chi connectivity index (χ0) is 21.5. The minimum absolute atomic E-state index is 0.242. The SMILES string of the molecule is Cc1ccc(Cl)c2sc(N3CCN(C(=O)Nc4ccccc4C(F)(F)F)CC3)nc12. The van der Waals surface area contributed by atoms with Gasteiger partial charge in [-0.3, -0.25) is 0 Å². The Hall–Kier alpha value is -2.52. The third-order valence-corrected chi connectivity index (χ3v) is 6.57. The molecule has 1 fully saturated rings. The Balaban J connectivity index is 1.44. The van der Waals surface area contributed by atoms with Crippen LogP contribution in [0.4, 0.5) is 28.8 Å². The monoisotopic (exact) mass is 454 g/mol. The number of urea groups is 1. The second-order valence-electron chi connectivity index (χ2n) is 6.99. The van der Waals surface area contributed by atoms with Gasteiger partial charge in [0.25, 0.3) is 0 Å². The van der Waals surface area contributed by atoms with Crippen LogP contribution in [-0.2, 0) is 6.18 Å². The van der Waals surface area contributed by atoms with E-state index in [0.29, 0.717) is 31.2 Å². The molecular weight excluding hydrogens is 437 g/mol. The number of para-hydroxylation sites is 1. The summed E-state index contributed by atoms with van der Waals surface area (Å²) in [6, 6.07) is 8.19. The average molecular weight is 455 g/mol. The molecule has 1 N–H and O–H groups in total. The molecule has 1 saturated heterocycles. The lowest BCUT2D eigenvalue weighted by molar-refractivity contribution is -0.136. The number of hydrogen-bond donors (Lipinski definition) is 1. The number of nitrogens with zero attached hydrogens (tertiary/aromatic N) is 3. The van der Waals surface area contributed by atoms with Crippen molar-refractivity contribution in [1.29, 1.82) is 0 Å². The summed E-state index contributed by atoms with van der Waals surface area (Å²) < 4.78 is 40.3. The quantitative estimate of drug-likeness (QED) is 0.546. The van der Waals surface area contributed by atoms with Gasteiger partial charge in [-0.05, 0) is 30.7 Å². The molecule has 2 aromatic carbocycles. The Kier molecular flexibility index (Phi) is 5.50. The number of aryl methyl sites for hydroxylation is 1. The van der Waals surface area contributed by atoms with Crippen LogP contribution in [0.1, 0.15) is 11.1 Å². The third-order valence-electron chi connectivity index (χ3n) is 5.00. The van der Waals surface area contributed by atoms with E-state index < -0.39 is 17.8 Å². The van der Waals surface area contributed by atoms with Crippen LogP contribution in [0, 0.1) is 6.92 Å². The van der Waals surface area contributed by atoms with Gasteiger partial charge in [0.1, 0.15) is 0 Å². The van der Waals surface area contributed by atoms with E-state index in [9.17, 15) is 18.0 Å². The van der Waals surface area contributed by atoms with Crippen molar-refractivity contribution in [2.24, 2.45) is 0 Å². The highest BCUT2D eigenvalue weighted by Gasteiger charge is 2.34. The van der Waals surface area contributed by atoms with Gasteiger partial charge < -0.3 is 15.1 Å². The molecule has 3 aromatic rings. The topological polar surface area (TPSA) is 48.5 Å². The van der Waals surface area contributed by atoms with Crippen LogP contribution >= 0.6 is 22.9 Å². The van der Waals surface area contributed by atoms with E-state index in [1.807, 2.05) is 19.1 Å². The molecule has 0 saturated carbocycles. The van der Waals surface area contributed by atoms with Crippen LogP contribution in [0.2, 0.25) is 5.02 Å². The second-order valence-corrected chi connectivity index (χ2v) is 8.37. The van der Waals surface area contributed by atoms with Crippen molar-refractivity contribution in [2.75, 3.05) is 36.4 Å². The van der Waals surface area contributed by atoms with Crippen molar-refractivity contribution in [3.8, 4) is 0 Å². The first-order valence-electron chi connectivity index (χ1n) is 9.27. The number of aromatic nitrogens is 1. The maximum atomic E-state index is 13.1. The molecule has 2 amide bonds. The highest BCUT2D eigenvalue weighted by molar-refractivity contribution is 7.22. The Morgan fingerprint density at radius 3 is 2.50 bits per heavy atom. The fourth-order valence-electron chi connectivity index (χ4n) is 3.36. The van der Waals surface area contributed by atoms with Gasteiger partial charge in [-0.15, -0.1) is 0 Å². The summed E-state index contributed by atoms with van der Waals surface area (Å²) in [5, 5.41) is 3.87. The van der Waals surface area contributed by atoms with E-state index >= 15 is 0 Å². The molecule has 158 valence electrons. The van der Waals surface area contributed by atoms with Crippen LogP contribution in [-0.4, -0.2) is 42.1 Å². The Morgan fingerprint density at radius 1 is 1.13 bits per heavy atom. The van der Waals surface area contributed by atoms with Crippen molar-refractivity contribution in [3.05, 3.63) is 52.5 Å². The zero-order valence-electron chi connectivity index (χ0n) is 16.0. The third kappa shape index (κ3) is 4.04. The van der Waals surface area contributed by atoms with E-state index in [1.165, 1.54) is 34.4 Å². The number of halogens is 4. The highest BCUT2D eigenvalue weighted by Crippen LogP contribution is 2.36. The van der Waals surface area contributed by atoms with E-state index in [4.69, 9.17) is 11.6 Å². The standard InChI is InChI=1S/C20H18ClF3N4OS/c1-12-6-7-14(21)17-16(12)26-19(30-17)28-10-8-27(9-11-28)18(29)25-15-5-3-2-4-13(15)20(22,23)24/h2-7H,8-11H2,1H3,(H,25,29). The number of nitrogens with one attached hydrogen (secondary N) is 1. The molecule has 4 rings (SSSR count). The zero-order valence-corrected chi connectivity index (χ0v) is 17.5. The van der Waals surface area contributed by atoms with Gasteiger partial charge >= 0.3 is 12.2 Å². The molecule has 2 heterocycles. The molecule has 1 aliphatic rings. The largest absolute Gasteiger partial charge is 0.418 e. The molecule has 0 atom stereocenters. The maximum absolute atomic E-state index is 13.1. The Labute approximate surface area is 180 Å². The minimum atomic E-state index is -4.53. The number of benzene rings is 2. The van der Waals surface area contributed by atoms with Crippen LogP contribution in [0.15, 0.2) is 36.4 Å². The lowest BCUT2D eigenvalue weighted by atomic mass is 10.1. The van der Waals surface area contributed by atoms with Crippen LogP contribution in [0.3, 0.4) is 0 Å². The molecule has 1 aromatic heterocycles. The molecule has 10 heteroatoms. The fourth-order valence-corrected chi connectivity index (χ4v) is 4.73. The molecule has 1 aliphatic heterocycles. The van der Waals surface area contributed by atoms with Gasteiger partial charge in [-0.2, -0.15) is 13.2 Å². The lowest BCUT2D eigenvalue weighted by Gasteiger charge is -2.34. The number of rotatable bonds is 2. The lowest BCUT2D eigenvalue weighted by Crippen LogP contribution is -2.50. The summed E-state index contributed by atoms with van der Waals surface area (Å²) in [7, 11) is 0. The number of piperazine rings is 1. The molecule has 0 aliphatic carbocycles. The van der Waals surface area contributed by atoms with Gasteiger partial charge in [-0.1, -0.05) is 41.1 Å². The normalized spacial score (nSPS) is 15.0. The summed E-state index contributed by atoms with van der Waals surface area (Å²) in [5.41, 5.74) is 0.803. The Bertz CT molecular complexity index is 1050. The number of hydrogen-bond acceptors (Lipinski definition) is 4. The van der Waals surface area contributed by atoms with Crippen molar-refractivity contribution in [2.45, 2.75) is 13.1 Å². The molecule has 0 bridgehead atoms. The first-order chi connectivity index (χ1) is 14.2. The average Bonchev–Trinajstić information content (AvgIpc) is 3.17. The van der Waals surface area contributed by atoms with Crippen LogP contribution in [0.5, 0.6) is 0 Å². The van der Waals surface area contributed by atoms with Gasteiger partial charge in [-0.25, -0.2) is 9.78 Å². The van der Waals surface area contributed by atoms with Gasteiger partial charge in [0, 0.05) is 26.2 Å². The molecule has 0 unspecified atom stereocenters. The van der Waals surface area contributed by atoms with E-state index in [0.717, 1.165) is 27.0 Å². The number of fused-ring (bicyclic) bond motifs is 1. The van der Waals surface area contributed by atoms with Crippen molar-refractivity contribution in [3.63, 3.8) is 0 Å². The van der Waals surface area contributed by atoms with E-state index in [1.54, 1.807) is 0 Å². The number of carbonyl (C=O) groups is 1. The Morgan fingerprint density at radius 2 is 1.83 bits per heavy atom. The smallest absolute Gasteiger partial charge is 0.345 e. The predicted octanol–water partition coefficient (Wildman–Crippen LogP) is 5.63. The minimum Gasteiger partial charge on any atom is -0.345 e. The number of anilines is 2. The van der Waals surface area contributed by atoms with Crippen molar-refractivity contribution in [1.82, 2.24) is 9.88 Å². The molecule has 0 radical (unpaired) electrons. The number of amides is 2. The first-order valence-corrected chi connectivity index (χ1v) is 10.5. The number of thiazole rings is 1. The van der Waals surface area contributed by atoms with E-state index in [-0.39, 0.29) is 5.69 Å². The highest BCUT2D eigenvalue weighted by atomic mass is 35.5. The summed E-state index contributed by atoms with van der Waals surface area (Å²) >= 11 is 7.78. The van der Waals surface area contributed by atoms with Crippen molar-refractivity contribution < 1.29 is 18.0 Å². The number of alkyl halides is 3. The summed E-state index contributed by atoms with van der Waals surface area (Å²) in [6.45, 7) is 3.80. The summed E-state index contributed by atoms with van der Waals surface area (Å²) in [4.78, 5) is 20.8.